The Morgan fingerprint density at radius 2 is 1.89 bits per heavy atom. The third-order valence-electron chi connectivity index (χ3n) is 4.72. The van der Waals surface area contributed by atoms with Crippen molar-refractivity contribution >= 4 is 22.8 Å². The first-order valence-electron chi connectivity index (χ1n) is 9.07. The number of furan rings is 1. The monoisotopic (exact) mass is 383 g/mol. The average Bonchev–Trinajstić information content (AvgIpc) is 3.08. The van der Waals surface area contributed by atoms with Crippen molar-refractivity contribution < 1.29 is 23.1 Å². The van der Waals surface area contributed by atoms with Crippen molar-refractivity contribution in [2.24, 2.45) is 0 Å². The highest BCUT2D eigenvalue weighted by Gasteiger charge is 2.14. The first kappa shape index (κ1) is 19.6. The van der Waals surface area contributed by atoms with E-state index in [-0.39, 0.29) is 25.4 Å². The van der Waals surface area contributed by atoms with E-state index in [0.29, 0.717) is 12.0 Å². The first-order chi connectivity index (χ1) is 13.5. The molecule has 0 radical (unpaired) electrons. The molecule has 0 spiro atoms. The van der Waals surface area contributed by atoms with Crippen molar-refractivity contribution in [3.05, 3.63) is 70.7 Å². The van der Waals surface area contributed by atoms with Crippen LogP contribution in [0.1, 0.15) is 22.3 Å². The summed E-state index contributed by atoms with van der Waals surface area (Å²) in [5, 5.41) is 3.48. The van der Waals surface area contributed by atoms with E-state index in [1.807, 2.05) is 26.0 Å². The van der Waals surface area contributed by atoms with E-state index in [2.05, 4.69) is 5.32 Å². The summed E-state index contributed by atoms with van der Waals surface area (Å²) in [6.45, 7) is 3.86. The number of ether oxygens (including phenoxy) is 1. The summed E-state index contributed by atoms with van der Waals surface area (Å²) in [7, 11) is 0. The second kappa shape index (κ2) is 8.69. The molecule has 2 aromatic carbocycles. The standard InChI is InChI=1S/C22H22FNO4/c1-14-7-8-18-17(12-28-22(18)15(14)2)11-21(26)27-13-20(25)24-10-9-16-5-3-4-6-19(16)23/h3-8,12H,9-11,13H2,1-2H3,(H,24,25). The van der Waals surface area contributed by atoms with Crippen molar-refractivity contribution in [2.75, 3.05) is 13.2 Å². The number of amides is 1. The van der Waals surface area contributed by atoms with Gasteiger partial charge < -0.3 is 14.5 Å². The van der Waals surface area contributed by atoms with Crippen molar-refractivity contribution in [2.45, 2.75) is 26.7 Å². The van der Waals surface area contributed by atoms with E-state index in [0.717, 1.165) is 27.7 Å². The number of aryl methyl sites for hydroxylation is 2. The molecule has 6 heteroatoms. The number of hydrogen-bond donors (Lipinski definition) is 1. The number of hydrogen-bond acceptors (Lipinski definition) is 4. The molecule has 0 atom stereocenters. The highest BCUT2D eigenvalue weighted by atomic mass is 19.1. The minimum atomic E-state index is -0.509. The second-order valence-corrected chi connectivity index (χ2v) is 6.67. The Bertz CT molecular complexity index is 1010. The predicted octanol–water partition coefficient (Wildman–Crippen LogP) is 3.63. The quantitative estimate of drug-likeness (QED) is 0.633. The predicted molar refractivity (Wildman–Crippen MR) is 103 cm³/mol. The van der Waals surface area contributed by atoms with Gasteiger partial charge in [0.25, 0.3) is 5.91 Å². The summed E-state index contributed by atoms with van der Waals surface area (Å²) in [6.07, 6.45) is 1.94. The van der Waals surface area contributed by atoms with E-state index in [4.69, 9.17) is 9.15 Å². The van der Waals surface area contributed by atoms with Crippen molar-refractivity contribution in [1.29, 1.82) is 0 Å². The molecular weight excluding hydrogens is 361 g/mol. The molecule has 1 aromatic heterocycles. The molecule has 0 bridgehead atoms. The molecule has 1 heterocycles. The molecule has 0 saturated carbocycles. The van der Waals surface area contributed by atoms with Gasteiger partial charge >= 0.3 is 5.97 Å². The molecular formula is C22H22FNO4. The van der Waals surface area contributed by atoms with Gasteiger partial charge in [0.2, 0.25) is 0 Å². The lowest BCUT2D eigenvalue weighted by molar-refractivity contribution is -0.147. The molecule has 1 N–H and O–H groups in total. The topological polar surface area (TPSA) is 68.5 Å². The molecule has 0 aliphatic rings. The number of carbonyl (C=O) groups excluding carboxylic acids is 2. The van der Waals surface area contributed by atoms with Gasteiger partial charge in [-0.05, 0) is 43.0 Å². The van der Waals surface area contributed by atoms with Crippen LogP contribution < -0.4 is 5.32 Å². The lowest BCUT2D eigenvalue weighted by Gasteiger charge is -2.07. The van der Waals surface area contributed by atoms with Crippen LogP contribution in [0.5, 0.6) is 0 Å². The van der Waals surface area contributed by atoms with Crippen LogP contribution in [-0.2, 0) is 27.2 Å². The Balaban J connectivity index is 1.46. The van der Waals surface area contributed by atoms with Gasteiger partial charge in [-0.2, -0.15) is 0 Å². The Kier molecular flexibility index (Phi) is 6.09. The fraction of sp³-hybridized carbons (Fsp3) is 0.273. The zero-order valence-corrected chi connectivity index (χ0v) is 15.9. The summed E-state index contributed by atoms with van der Waals surface area (Å²) >= 11 is 0. The Morgan fingerprint density at radius 1 is 1.11 bits per heavy atom. The van der Waals surface area contributed by atoms with E-state index in [1.165, 1.54) is 6.07 Å². The molecule has 5 nitrogen and oxygen atoms in total. The van der Waals surface area contributed by atoms with Crippen molar-refractivity contribution in [1.82, 2.24) is 5.32 Å². The zero-order valence-electron chi connectivity index (χ0n) is 15.9. The third-order valence-corrected chi connectivity index (χ3v) is 4.72. The lowest BCUT2D eigenvalue weighted by Crippen LogP contribution is -2.30. The summed E-state index contributed by atoms with van der Waals surface area (Å²) in [5.41, 5.74) is 4.16. The zero-order chi connectivity index (χ0) is 20.1. The molecule has 0 saturated heterocycles. The molecule has 0 aliphatic carbocycles. The molecule has 28 heavy (non-hydrogen) atoms. The van der Waals surface area contributed by atoms with Gasteiger partial charge in [0.15, 0.2) is 6.61 Å². The second-order valence-electron chi connectivity index (χ2n) is 6.67. The van der Waals surface area contributed by atoms with Gasteiger partial charge in [-0.15, -0.1) is 0 Å². The van der Waals surface area contributed by atoms with Crippen LogP contribution in [0.3, 0.4) is 0 Å². The fourth-order valence-corrected chi connectivity index (χ4v) is 2.97. The Morgan fingerprint density at radius 3 is 2.68 bits per heavy atom. The summed E-state index contributed by atoms with van der Waals surface area (Å²) < 4.78 is 24.1. The minimum Gasteiger partial charge on any atom is -0.464 e. The number of benzene rings is 2. The van der Waals surface area contributed by atoms with Gasteiger partial charge in [0.1, 0.15) is 11.4 Å². The van der Waals surface area contributed by atoms with Gasteiger partial charge in [-0.3, -0.25) is 9.59 Å². The highest BCUT2D eigenvalue weighted by Crippen LogP contribution is 2.26. The maximum absolute atomic E-state index is 13.5. The summed E-state index contributed by atoms with van der Waals surface area (Å²) in [4.78, 5) is 23.9. The number of esters is 1. The normalized spacial score (nSPS) is 10.8. The average molecular weight is 383 g/mol. The van der Waals surface area contributed by atoms with Gasteiger partial charge in [0.05, 0.1) is 12.7 Å². The number of halogens is 1. The van der Waals surface area contributed by atoms with Crippen LogP contribution in [0.4, 0.5) is 4.39 Å². The maximum atomic E-state index is 13.5. The highest BCUT2D eigenvalue weighted by molar-refractivity contribution is 5.89. The third kappa shape index (κ3) is 4.57. The maximum Gasteiger partial charge on any atom is 0.310 e. The summed E-state index contributed by atoms with van der Waals surface area (Å²) in [6, 6.07) is 10.3. The number of carbonyl (C=O) groups is 2. The molecule has 3 aromatic rings. The van der Waals surface area contributed by atoms with E-state index in [9.17, 15) is 14.0 Å². The van der Waals surface area contributed by atoms with E-state index >= 15 is 0 Å². The van der Waals surface area contributed by atoms with Crippen LogP contribution in [0.2, 0.25) is 0 Å². The molecule has 0 aliphatic heterocycles. The number of fused-ring (bicyclic) bond motifs is 1. The number of rotatable bonds is 7. The van der Waals surface area contributed by atoms with Crippen molar-refractivity contribution in [3.63, 3.8) is 0 Å². The smallest absolute Gasteiger partial charge is 0.310 e. The molecule has 0 unspecified atom stereocenters. The Labute approximate surface area is 162 Å². The largest absolute Gasteiger partial charge is 0.464 e. The van der Waals surface area contributed by atoms with Crippen LogP contribution in [0.15, 0.2) is 47.1 Å². The van der Waals surface area contributed by atoms with Crippen LogP contribution in [0.25, 0.3) is 11.0 Å². The van der Waals surface area contributed by atoms with Crippen molar-refractivity contribution in [3.8, 4) is 0 Å². The lowest BCUT2D eigenvalue weighted by atomic mass is 10.0. The molecule has 1 amide bonds. The molecule has 3 rings (SSSR count). The van der Waals surface area contributed by atoms with Gasteiger partial charge in [-0.25, -0.2) is 4.39 Å². The SMILES string of the molecule is Cc1ccc2c(CC(=O)OCC(=O)NCCc3ccccc3F)coc2c1C. The molecule has 146 valence electrons. The van der Waals surface area contributed by atoms with Crippen LogP contribution in [-0.4, -0.2) is 25.0 Å². The van der Waals surface area contributed by atoms with Gasteiger partial charge in [-0.1, -0.05) is 30.3 Å². The molecule has 0 fully saturated rings. The first-order valence-corrected chi connectivity index (χ1v) is 9.07. The van der Waals surface area contributed by atoms with Crippen LogP contribution >= 0.6 is 0 Å². The fourth-order valence-electron chi connectivity index (χ4n) is 2.97. The Hall–Kier alpha value is -3.15. The number of nitrogens with one attached hydrogen (secondary N) is 1. The van der Waals surface area contributed by atoms with Gasteiger partial charge in [0, 0.05) is 17.5 Å². The summed E-state index contributed by atoms with van der Waals surface area (Å²) in [5.74, 6) is -1.24. The van der Waals surface area contributed by atoms with Crippen LogP contribution in [0, 0.1) is 19.7 Å². The minimum absolute atomic E-state index is 0.0258. The van der Waals surface area contributed by atoms with E-state index < -0.39 is 11.9 Å². The van der Waals surface area contributed by atoms with E-state index in [1.54, 1.807) is 24.5 Å².